The van der Waals surface area contributed by atoms with E-state index in [1.807, 2.05) is 6.92 Å². The van der Waals surface area contributed by atoms with Crippen LogP contribution in [0.3, 0.4) is 0 Å². The van der Waals surface area contributed by atoms with Crippen LogP contribution in [0.15, 0.2) is 0 Å². The van der Waals surface area contributed by atoms with E-state index in [0.717, 1.165) is 31.8 Å². The standard InChI is InChI=1S/C18H33NO3/c1-5-21-17(20)14-10-12-19(13-11-14)22-16-8-6-15(7-9-16)18(2,3)4/h14-16H,5-13H2,1-4H3. The highest BCUT2D eigenvalue weighted by Crippen LogP contribution is 2.38. The van der Waals surface area contributed by atoms with Gasteiger partial charge in [-0.05, 0) is 56.8 Å². The first kappa shape index (κ1) is 17.7. The average Bonchev–Trinajstić information content (AvgIpc) is 2.48. The molecular weight excluding hydrogens is 278 g/mol. The van der Waals surface area contributed by atoms with Gasteiger partial charge in [0.1, 0.15) is 0 Å². The molecule has 0 bridgehead atoms. The number of carbonyl (C=O) groups is 1. The molecule has 1 aliphatic carbocycles. The van der Waals surface area contributed by atoms with Gasteiger partial charge in [-0.2, -0.15) is 5.06 Å². The Bertz CT molecular complexity index is 348. The van der Waals surface area contributed by atoms with Gasteiger partial charge in [-0.3, -0.25) is 9.63 Å². The predicted molar refractivity (Wildman–Crippen MR) is 87.2 cm³/mol. The van der Waals surface area contributed by atoms with Gasteiger partial charge >= 0.3 is 5.97 Å². The van der Waals surface area contributed by atoms with Crippen LogP contribution >= 0.6 is 0 Å². The van der Waals surface area contributed by atoms with E-state index in [9.17, 15) is 4.79 Å². The van der Waals surface area contributed by atoms with Crippen molar-refractivity contribution in [3.8, 4) is 0 Å². The Balaban J connectivity index is 1.68. The molecule has 0 aromatic heterocycles. The van der Waals surface area contributed by atoms with Gasteiger partial charge in [0.15, 0.2) is 0 Å². The van der Waals surface area contributed by atoms with Crippen LogP contribution in [0.2, 0.25) is 0 Å². The molecule has 4 nitrogen and oxygen atoms in total. The minimum Gasteiger partial charge on any atom is -0.466 e. The molecule has 2 aliphatic rings. The maximum atomic E-state index is 11.7. The second kappa shape index (κ2) is 7.78. The number of hydrogen-bond acceptors (Lipinski definition) is 4. The van der Waals surface area contributed by atoms with E-state index in [1.165, 1.54) is 25.7 Å². The number of nitrogens with zero attached hydrogens (tertiary/aromatic N) is 1. The third-order valence-corrected chi connectivity index (χ3v) is 5.27. The summed E-state index contributed by atoms with van der Waals surface area (Å²) in [5.41, 5.74) is 0.420. The van der Waals surface area contributed by atoms with Crippen molar-refractivity contribution < 1.29 is 14.4 Å². The van der Waals surface area contributed by atoms with E-state index >= 15 is 0 Å². The Kier molecular flexibility index (Phi) is 6.27. The van der Waals surface area contributed by atoms with Crippen LogP contribution in [0.4, 0.5) is 0 Å². The first-order valence-corrected chi connectivity index (χ1v) is 8.98. The fraction of sp³-hybridized carbons (Fsp3) is 0.944. The van der Waals surface area contributed by atoms with Crippen molar-refractivity contribution in [2.45, 2.75) is 72.3 Å². The zero-order valence-corrected chi connectivity index (χ0v) is 14.8. The Morgan fingerprint density at radius 2 is 1.64 bits per heavy atom. The second-order valence-electron chi connectivity index (χ2n) is 7.90. The minimum absolute atomic E-state index is 0.0344. The van der Waals surface area contributed by atoms with Crippen LogP contribution in [-0.4, -0.2) is 36.8 Å². The topological polar surface area (TPSA) is 38.8 Å². The average molecular weight is 311 g/mol. The van der Waals surface area contributed by atoms with E-state index in [1.54, 1.807) is 0 Å². The molecule has 0 aromatic rings. The molecule has 1 saturated heterocycles. The molecule has 4 heteroatoms. The fourth-order valence-electron chi connectivity index (χ4n) is 3.70. The van der Waals surface area contributed by atoms with Crippen molar-refractivity contribution >= 4 is 5.97 Å². The number of hydrogen-bond donors (Lipinski definition) is 0. The molecule has 0 radical (unpaired) electrons. The molecule has 0 spiro atoms. The summed E-state index contributed by atoms with van der Waals surface area (Å²) in [5.74, 6) is 0.853. The van der Waals surface area contributed by atoms with Crippen LogP contribution < -0.4 is 0 Å². The largest absolute Gasteiger partial charge is 0.466 e. The molecule has 128 valence electrons. The zero-order chi connectivity index (χ0) is 16.2. The van der Waals surface area contributed by atoms with E-state index in [0.29, 0.717) is 18.1 Å². The van der Waals surface area contributed by atoms with Crippen LogP contribution in [0.5, 0.6) is 0 Å². The summed E-state index contributed by atoms with van der Waals surface area (Å²) in [6.07, 6.45) is 6.96. The second-order valence-corrected chi connectivity index (χ2v) is 7.90. The van der Waals surface area contributed by atoms with Gasteiger partial charge in [0, 0.05) is 13.1 Å². The van der Waals surface area contributed by atoms with Crippen LogP contribution in [0.25, 0.3) is 0 Å². The van der Waals surface area contributed by atoms with Gasteiger partial charge in [0.25, 0.3) is 0 Å². The highest BCUT2D eigenvalue weighted by Gasteiger charge is 2.32. The number of ether oxygens (including phenoxy) is 1. The van der Waals surface area contributed by atoms with Crippen molar-refractivity contribution in [2.75, 3.05) is 19.7 Å². The summed E-state index contributed by atoms with van der Waals surface area (Å²) in [4.78, 5) is 17.9. The summed E-state index contributed by atoms with van der Waals surface area (Å²) >= 11 is 0. The normalized spacial score (nSPS) is 28.5. The Labute approximate surface area is 135 Å². The Morgan fingerprint density at radius 1 is 1.05 bits per heavy atom. The fourth-order valence-corrected chi connectivity index (χ4v) is 3.70. The monoisotopic (exact) mass is 311 g/mol. The molecule has 0 N–H and O–H groups in total. The quantitative estimate of drug-likeness (QED) is 0.740. The lowest BCUT2D eigenvalue weighted by molar-refractivity contribution is -0.220. The summed E-state index contributed by atoms with van der Waals surface area (Å²) in [5, 5.41) is 2.08. The lowest BCUT2D eigenvalue weighted by Crippen LogP contribution is -2.40. The maximum absolute atomic E-state index is 11.7. The van der Waals surface area contributed by atoms with Crippen molar-refractivity contribution in [2.24, 2.45) is 17.3 Å². The molecule has 22 heavy (non-hydrogen) atoms. The van der Waals surface area contributed by atoms with Crippen molar-refractivity contribution in [3.63, 3.8) is 0 Å². The Morgan fingerprint density at radius 3 is 2.14 bits per heavy atom. The minimum atomic E-state index is -0.0344. The summed E-state index contributed by atoms with van der Waals surface area (Å²) in [6.45, 7) is 11.1. The van der Waals surface area contributed by atoms with E-state index < -0.39 is 0 Å². The molecule has 0 unspecified atom stereocenters. The van der Waals surface area contributed by atoms with Gasteiger partial charge < -0.3 is 4.74 Å². The van der Waals surface area contributed by atoms with Gasteiger partial charge in [-0.1, -0.05) is 20.8 Å². The lowest BCUT2D eigenvalue weighted by atomic mass is 9.72. The number of esters is 1. The van der Waals surface area contributed by atoms with Gasteiger partial charge in [0.2, 0.25) is 0 Å². The molecular formula is C18H33NO3. The van der Waals surface area contributed by atoms with Gasteiger partial charge in [-0.15, -0.1) is 0 Å². The van der Waals surface area contributed by atoms with E-state index in [4.69, 9.17) is 9.57 Å². The van der Waals surface area contributed by atoms with Crippen molar-refractivity contribution in [3.05, 3.63) is 0 Å². The number of rotatable bonds is 4. The van der Waals surface area contributed by atoms with Crippen LogP contribution in [-0.2, 0) is 14.4 Å². The zero-order valence-electron chi connectivity index (χ0n) is 14.8. The first-order chi connectivity index (χ1) is 10.4. The highest BCUT2D eigenvalue weighted by molar-refractivity contribution is 5.72. The molecule has 0 aromatic carbocycles. The molecule has 1 heterocycles. The maximum Gasteiger partial charge on any atom is 0.309 e. The molecule has 2 rings (SSSR count). The number of carbonyl (C=O) groups excluding carboxylic acids is 1. The summed E-state index contributed by atoms with van der Waals surface area (Å²) in [6, 6.07) is 0. The number of piperidine rings is 1. The molecule has 0 atom stereocenters. The van der Waals surface area contributed by atoms with E-state index in [-0.39, 0.29) is 11.9 Å². The Hall–Kier alpha value is -0.610. The lowest BCUT2D eigenvalue weighted by Gasteiger charge is -2.39. The van der Waals surface area contributed by atoms with Crippen molar-refractivity contribution in [1.82, 2.24) is 5.06 Å². The van der Waals surface area contributed by atoms with Crippen molar-refractivity contribution in [1.29, 1.82) is 0 Å². The summed E-state index contributed by atoms with van der Waals surface area (Å²) in [7, 11) is 0. The number of hydroxylamine groups is 2. The van der Waals surface area contributed by atoms with Gasteiger partial charge in [-0.25, -0.2) is 0 Å². The SMILES string of the molecule is CCOC(=O)C1CCN(OC2CCC(C(C)(C)C)CC2)CC1. The summed E-state index contributed by atoms with van der Waals surface area (Å²) < 4.78 is 5.11. The molecule has 1 saturated carbocycles. The predicted octanol–water partition coefficient (Wildman–Crippen LogP) is 3.80. The van der Waals surface area contributed by atoms with Crippen LogP contribution in [0.1, 0.15) is 66.2 Å². The smallest absolute Gasteiger partial charge is 0.309 e. The van der Waals surface area contributed by atoms with Gasteiger partial charge in [0.05, 0.1) is 18.6 Å². The molecule has 1 aliphatic heterocycles. The molecule has 0 amide bonds. The third kappa shape index (κ3) is 4.95. The first-order valence-electron chi connectivity index (χ1n) is 8.98. The third-order valence-electron chi connectivity index (χ3n) is 5.27. The van der Waals surface area contributed by atoms with Crippen LogP contribution in [0, 0.1) is 17.3 Å². The van der Waals surface area contributed by atoms with E-state index in [2.05, 4.69) is 25.8 Å². The highest BCUT2D eigenvalue weighted by atomic mass is 16.7. The molecule has 2 fully saturated rings.